The summed E-state index contributed by atoms with van der Waals surface area (Å²) in [5.74, 6) is 1.08. The third-order valence-corrected chi connectivity index (χ3v) is 7.08. The highest BCUT2D eigenvalue weighted by Gasteiger charge is 2.26. The van der Waals surface area contributed by atoms with Gasteiger partial charge in [-0.1, -0.05) is 0 Å². The summed E-state index contributed by atoms with van der Waals surface area (Å²) in [7, 11) is 0. The molecule has 244 valence electrons. The molecule has 0 aliphatic carbocycles. The van der Waals surface area contributed by atoms with Crippen LogP contribution >= 0.6 is 0 Å². The lowest BCUT2D eigenvalue weighted by Crippen LogP contribution is -2.49. The Labute approximate surface area is 259 Å². The van der Waals surface area contributed by atoms with Gasteiger partial charge in [0.1, 0.15) is 17.2 Å². The quantitative estimate of drug-likeness (QED) is 0.341. The normalized spacial score (nSPS) is 17.4. The molecule has 0 bridgehead atoms. The number of hydrogen-bond acceptors (Lipinski definition) is 8. The van der Waals surface area contributed by atoms with Crippen LogP contribution in [-0.2, 0) is 9.47 Å². The number of anilines is 1. The van der Waals surface area contributed by atoms with Gasteiger partial charge in [-0.25, -0.2) is 28.3 Å². The molecule has 12 heteroatoms. The molecule has 1 aromatic carbocycles. The third-order valence-electron chi connectivity index (χ3n) is 7.08. The standard InChI is InChI=1S/C26H43N5O5.C6H4F2/c1-19(2)35-25(33)30-13-10-20(11-14-30)8-7-15-34-22-16-27-23(28-17-22)31-12-6-9-21(18-31)29-24(32)36-26(3,4)5;7-5-1-2-6(8)4-3-5/h16-17,19-21H,6-15,18H2,1-5H3,(H,29,32);1-4H. The fourth-order valence-electron chi connectivity index (χ4n) is 4.97. The van der Waals surface area contributed by atoms with Crippen LogP contribution in [0.4, 0.5) is 24.3 Å². The molecule has 2 aliphatic rings. The Morgan fingerprint density at radius 3 is 2.18 bits per heavy atom. The summed E-state index contributed by atoms with van der Waals surface area (Å²) in [6, 6.07) is 4.32. The van der Waals surface area contributed by atoms with Gasteiger partial charge in [-0.3, -0.25) is 0 Å². The summed E-state index contributed by atoms with van der Waals surface area (Å²) >= 11 is 0. The molecule has 2 aromatic rings. The molecule has 1 atom stereocenters. The van der Waals surface area contributed by atoms with Gasteiger partial charge in [0.25, 0.3) is 0 Å². The minimum Gasteiger partial charge on any atom is -0.490 e. The van der Waals surface area contributed by atoms with Gasteiger partial charge in [0.05, 0.1) is 25.1 Å². The maximum absolute atomic E-state index is 12.1. The van der Waals surface area contributed by atoms with Crippen LogP contribution in [0.1, 0.15) is 73.1 Å². The molecule has 44 heavy (non-hydrogen) atoms. The first kappa shape index (κ1) is 34.8. The number of carbonyl (C=O) groups is 2. The van der Waals surface area contributed by atoms with Gasteiger partial charge < -0.3 is 29.3 Å². The van der Waals surface area contributed by atoms with Crippen molar-refractivity contribution in [2.45, 2.75) is 90.9 Å². The minimum atomic E-state index is -0.516. The van der Waals surface area contributed by atoms with E-state index in [1.54, 1.807) is 12.4 Å². The lowest BCUT2D eigenvalue weighted by atomic mass is 9.92. The zero-order chi connectivity index (χ0) is 32.1. The highest BCUT2D eigenvalue weighted by molar-refractivity contribution is 5.68. The average molecular weight is 620 g/mol. The van der Waals surface area contributed by atoms with Crippen LogP contribution in [0.3, 0.4) is 0 Å². The Morgan fingerprint density at radius 1 is 1.00 bits per heavy atom. The summed E-state index contributed by atoms with van der Waals surface area (Å²) in [6.07, 6.45) is 8.64. The molecular formula is C32H47F2N5O5. The molecule has 10 nitrogen and oxygen atoms in total. The van der Waals surface area contributed by atoms with Crippen molar-refractivity contribution in [1.82, 2.24) is 20.2 Å². The molecule has 0 saturated carbocycles. The molecule has 2 amide bonds. The summed E-state index contributed by atoms with van der Waals surface area (Å²) in [4.78, 5) is 37.0. The number of amides is 2. The van der Waals surface area contributed by atoms with E-state index in [4.69, 9.17) is 14.2 Å². The number of benzene rings is 1. The van der Waals surface area contributed by atoms with Crippen molar-refractivity contribution >= 4 is 18.1 Å². The minimum absolute atomic E-state index is 0.000783. The summed E-state index contributed by atoms with van der Waals surface area (Å²) in [5, 5.41) is 2.95. The number of piperidine rings is 2. The van der Waals surface area contributed by atoms with E-state index in [0.29, 0.717) is 30.8 Å². The summed E-state index contributed by atoms with van der Waals surface area (Å²) in [6.45, 7) is 12.9. The van der Waals surface area contributed by atoms with Crippen molar-refractivity contribution < 1.29 is 32.6 Å². The van der Waals surface area contributed by atoms with E-state index in [1.165, 1.54) is 0 Å². The van der Waals surface area contributed by atoms with Crippen LogP contribution < -0.4 is 15.0 Å². The monoisotopic (exact) mass is 619 g/mol. The molecule has 2 saturated heterocycles. The molecule has 1 unspecified atom stereocenters. The molecule has 1 aromatic heterocycles. The van der Waals surface area contributed by atoms with Gasteiger partial charge in [0.15, 0.2) is 5.75 Å². The van der Waals surface area contributed by atoms with Gasteiger partial charge in [-0.05, 0) is 103 Å². The van der Waals surface area contributed by atoms with E-state index in [2.05, 4.69) is 20.2 Å². The zero-order valence-corrected chi connectivity index (χ0v) is 26.6. The molecule has 2 fully saturated rings. The second-order valence-corrected chi connectivity index (χ2v) is 12.4. The van der Waals surface area contributed by atoms with Crippen LogP contribution in [0.2, 0.25) is 0 Å². The lowest BCUT2D eigenvalue weighted by molar-refractivity contribution is 0.0499. The van der Waals surface area contributed by atoms with Crippen molar-refractivity contribution in [1.29, 1.82) is 0 Å². The number of halogens is 2. The van der Waals surface area contributed by atoms with Gasteiger partial charge in [-0.15, -0.1) is 0 Å². The van der Waals surface area contributed by atoms with Gasteiger partial charge in [-0.2, -0.15) is 0 Å². The number of alkyl carbamates (subject to hydrolysis) is 1. The highest BCUT2D eigenvalue weighted by atomic mass is 19.1. The van der Waals surface area contributed by atoms with Crippen molar-refractivity contribution in [3.05, 3.63) is 48.3 Å². The Balaban J connectivity index is 0.000000572. The van der Waals surface area contributed by atoms with Crippen LogP contribution in [0.5, 0.6) is 5.75 Å². The molecule has 3 heterocycles. The SMILES string of the molecule is CC(C)OC(=O)N1CCC(CCCOc2cnc(N3CCCC(NC(=O)OC(C)(C)C)C3)nc2)CC1.Fc1ccc(F)cc1. The Kier molecular flexibility index (Phi) is 13.4. The predicted molar refractivity (Wildman–Crippen MR) is 164 cm³/mol. The first-order valence-electron chi connectivity index (χ1n) is 15.4. The van der Waals surface area contributed by atoms with Gasteiger partial charge >= 0.3 is 12.2 Å². The van der Waals surface area contributed by atoms with Crippen molar-refractivity contribution in [2.24, 2.45) is 5.92 Å². The van der Waals surface area contributed by atoms with Crippen LogP contribution in [-0.4, -0.2) is 77.6 Å². The van der Waals surface area contributed by atoms with Crippen LogP contribution in [0.25, 0.3) is 0 Å². The largest absolute Gasteiger partial charge is 0.490 e. The smallest absolute Gasteiger partial charge is 0.410 e. The number of likely N-dealkylation sites (tertiary alicyclic amines) is 1. The predicted octanol–water partition coefficient (Wildman–Crippen LogP) is 6.35. The Bertz CT molecular complexity index is 1130. The number of aromatic nitrogens is 2. The first-order chi connectivity index (χ1) is 20.9. The molecule has 4 rings (SSSR count). The number of ether oxygens (including phenoxy) is 3. The average Bonchev–Trinajstić information content (AvgIpc) is 2.96. The zero-order valence-electron chi connectivity index (χ0n) is 26.6. The number of rotatable bonds is 8. The molecule has 0 radical (unpaired) electrons. The number of hydrogen-bond donors (Lipinski definition) is 1. The van der Waals surface area contributed by atoms with E-state index in [0.717, 1.165) is 82.4 Å². The van der Waals surface area contributed by atoms with E-state index in [-0.39, 0.29) is 18.2 Å². The second kappa shape index (κ2) is 17.0. The van der Waals surface area contributed by atoms with Gasteiger partial charge in [0.2, 0.25) is 5.95 Å². The topological polar surface area (TPSA) is 106 Å². The van der Waals surface area contributed by atoms with Crippen molar-refractivity contribution in [3.8, 4) is 5.75 Å². The van der Waals surface area contributed by atoms with Crippen molar-refractivity contribution in [2.75, 3.05) is 37.7 Å². The van der Waals surface area contributed by atoms with Gasteiger partial charge in [0, 0.05) is 32.2 Å². The van der Waals surface area contributed by atoms with Crippen LogP contribution in [0, 0.1) is 17.6 Å². The lowest BCUT2D eigenvalue weighted by Gasteiger charge is -2.33. The van der Waals surface area contributed by atoms with Crippen molar-refractivity contribution in [3.63, 3.8) is 0 Å². The summed E-state index contributed by atoms with van der Waals surface area (Å²) in [5.41, 5.74) is -0.516. The van der Waals surface area contributed by atoms with E-state index < -0.39 is 23.3 Å². The molecular weight excluding hydrogens is 572 g/mol. The Morgan fingerprint density at radius 2 is 1.61 bits per heavy atom. The maximum atomic E-state index is 12.1. The molecule has 1 N–H and O–H groups in total. The van der Waals surface area contributed by atoms with E-state index >= 15 is 0 Å². The van der Waals surface area contributed by atoms with E-state index in [9.17, 15) is 18.4 Å². The molecule has 0 spiro atoms. The molecule has 2 aliphatic heterocycles. The maximum Gasteiger partial charge on any atom is 0.410 e. The third kappa shape index (κ3) is 12.9. The number of nitrogens with zero attached hydrogens (tertiary/aromatic N) is 4. The fraction of sp³-hybridized carbons (Fsp3) is 0.625. The van der Waals surface area contributed by atoms with E-state index in [1.807, 2.05) is 39.5 Å². The second-order valence-electron chi connectivity index (χ2n) is 12.4. The van der Waals surface area contributed by atoms with Crippen LogP contribution in [0.15, 0.2) is 36.7 Å². The highest BCUT2D eigenvalue weighted by Crippen LogP contribution is 2.23. The number of carbonyl (C=O) groups excluding carboxylic acids is 2. The fourth-order valence-corrected chi connectivity index (χ4v) is 4.97. The number of nitrogens with one attached hydrogen (secondary N) is 1. The first-order valence-corrected chi connectivity index (χ1v) is 15.4. The summed E-state index contributed by atoms with van der Waals surface area (Å²) < 4.78 is 40.4. The Hall–Kier alpha value is -3.70.